The first-order valence-corrected chi connectivity index (χ1v) is 10.4. The van der Waals surface area contributed by atoms with E-state index in [1.54, 1.807) is 0 Å². The number of oxazole rings is 1. The van der Waals surface area contributed by atoms with Gasteiger partial charge in [-0.3, -0.25) is 4.79 Å². The quantitative estimate of drug-likeness (QED) is 0.528. The van der Waals surface area contributed by atoms with Gasteiger partial charge in [-0.25, -0.2) is 4.98 Å². The Balaban J connectivity index is 1.58. The van der Waals surface area contributed by atoms with E-state index in [2.05, 4.69) is 11.9 Å². The standard InChI is InChI=1S/C22H23NO4S/c1-2-20-19(23-22(27-20)17-8-4-3-5-9-17)11-12-26-18-10-6-7-16(13-18)14-28-15-21(24)25/h3-10,13H,2,11-12,14-15H2,1H3,(H,24,25). The van der Waals surface area contributed by atoms with Crippen LogP contribution in [0.3, 0.4) is 0 Å². The highest BCUT2D eigenvalue weighted by atomic mass is 32.2. The van der Waals surface area contributed by atoms with Crippen LogP contribution in [0.5, 0.6) is 5.75 Å². The van der Waals surface area contributed by atoms with Gasteiger partial charge in [0.2, 0.25) is 5.89 Å². The molecule has 0 unspecified atom stereocenters. The Kier molecular flexibility index (Phi) is 7.14. The van der Waals surface area contributed by atoms with Crippen molar-refractivity contribution in [3.63, 3.8) is 0 Å². The fraction of sp³-hybridized carbons (Fsp3) is 0.273. The molecule has 0 atom stereocenters. The minimum atomic E-state index is -0.799. The molecule has 28 heavy (non-hydrogen) atoms. The Morgan fingerprint density at radius 2 is 2.00 bits per heavy atom. The van der Waals surface area contributed by atoms with Crippen LogP contribution in [0.1, 0.15) is 23.9 Å². The fourth-order valence-corrected chi connectivity index (χ4v) is 3.50. The second kappa shape index (κ2) is 9.99. The summed E-state index contributed by atoms with van der Waals surface area (Å²) in [7, 11) is 0. The molecular weight excluding hydrogens is 374 g/mol. The molecule has 1 aromatic heterocycles. The number of aromatic nitrogens is 1. The highest BCUT2D eigenvalue weighted by Crippen LogP contribution is 2.23. The molecule has 0 aliphatic rings. The molecule has 146 valence electrons. The number of benzene rings is 2. The third-order valence-electron chi connectivity index (χ3n) is 4.12. The number of carboxylic acids is 1. The maximum absolute atomic E-state index is 10.6. The zero-order valence-electron chi connectivity index (χ0n) is 15.8. The van der Waals surface area contributed by atoms with Crippen LogP contribution in [0.25, 0.3) is 11.5 Å². The average molecular weight is 397 g/mol. The summed E-state index contributed by atoms with van der Waals surface area (Å²) in [6.07, 6.45) is 1.45. The maximum Gasteiger partial charge on any atom is 0.313 e. The van der Waals surface area contributed by atoms with Crippen molar-refractivity contribution in [1.82, 2.24) is 4.98 Å². The summed E-state index contributed by atoms with van der Waals surface area (Å²) in [5.74, 6) is 2.25. The highest BCUT2D eigenvalue weighted by molar-refractivity contribution is 7.99. The Morgan fingerprint density at radius 3 is 2.75 bits per heavy atom. The molecule has 0 saturated heterocycles. The molecule has 5 nitrogen and oxygen atoms in total. The van der Waals surface area contributed by atoms with Crippen LogP contribution in [-0.4, -0.2) is 28.4 Å². The molecule has 0 aliphatic carbocycles. The van der Waals surface area contributed by atoms with Crippen LogP contribution >= 0.6 is 11.8 Å². The van der Waals surface area contributed by atoms with Crippen LogP contribution < -0.4 is 4.74 Å². The smallest absolute Gasteiger partial charge is 0.313 e. The third kappa shape index (κ3) is 5.63. The van der Waals surface area contributed by atoms with Crippen molar-refractivity contribution < 1.29 is 19.1 Å². The van der Waals surface area contributed by atoms with E-state index in [0.29, 0.717) is 24.7 Å². The van der Waals surface area contributed by atoms with Gasteiger partial charge in [0, 0.05) is 24.2 Å². The minimum Gasteiger partial charge on any atom is -0.493 e. The monoisotopic (exact) mass is 397 g/mol. The molecule has 0 aliphatic heterocycles. The van der Waals surface area contributed by atoms with Gasteiger partial charge in [-0.15, -0.1) is 11.8 Å². The molecule has 3 aromatic rings. The lowest BCUT2D eigenvalue weighted by Gasteiger charge is -2.07. The van der Waals surface area contributed by atoms with E-state index in [-0.39, 0.29) is 5.75 Å². The van der Waals surface area contributed by atoms with E-state index < -0.39 is 5.97 Å². The number of thioether (sulfide) groups is 1. The zero-order valence-corrected chi connectivity index (χ0v) is 16.6. The number of hydrogen-bond acceptors (Lipinski definition) is 5. The molecule has 1 N–H and O–H groups in total. The lowest BCUT2D eigenvalue weighted by molar-refractivity contribution is -0.133. The predicted octanol–water partition coefficient (Wildman–Crippen LogP) is 4.84. The molecule has 0 bridgehead atoms. The van der Waals surface area contributed by atoms with Crippen molar-refractivity contribution >= 4 is 17.7 Å². The predicted molar refractivity (Wildman–Crippen MR) is 111 cm³/mol. The summed E-state index contributed by atoms with van der Waals surface area (Å²) < 4.78 is 11.8. The van der Waals surface area contributed by atoms with Crippen molar-refractivity contribution in [2.24, 2.45) is 0 Å². The van der Waals surface area contributed by atoms with E-state index >= 15 is 0 Å². The van der Waals surface area contributed by atoms with Gasteiger partial charge in [0.25, 0.3) is 0 Å². The number of carboxylic acid groups (broad SMARTS) is 1. The second-order valence-corrected chi connectivity index (χ2v) is 7.23. The normalized spacial score (nSPS) is 10.8. The minimum absolute atomic E-state index is 0.0980. The van der Waals surface area contributed by atoms with Gasteiger partial charge >= 0.3 is 5.97 Å². The summed E-state index contributed by atoms with van der Waals surface area (Å²) in [6.45, 7) is 2.55. The van der Waals surface area contributed by atoms with E-state index in [1.807, 2.05) is 54.6 Å². The summed E-state index contributed by atoms with van der Waals surface area (Å²) >= 11 is 1.37. The number of aliphatic carboxylic acids is 1. The highest BCUT2D eigenvalue weighted by Gasteiger charge is 2.13. The molecular formula is C22H23NO4S. The van der Waals surface area contributed by atoms with E-state index in [9.17, 15) is 4.79 Å². The van der Waals surface area contributed by atoms with E-state index in [4.69, 9.17) is 14.3 Å². The Morgan fingerprint density at radius 1 is 1.18 bits per heavy atom. The fourth-order valence-electron chi connectivity index (χ4n) is 2.81. The molecule has 0 radical (unpaired) electrons. The lowest BCUT2D eigenvalue weighted by atomic mass is 10.2. The molecule has 0 amide bonds. The second-order valence-electron chi connectivity index (χ2n) is 6.24. The SMILES string of the molecule is CCc1oc(-c2ccccc2)nc1CCOc1cccc(CSCC(=O)O)c1. The molecule has 0 spiro atoms. The van der Waals surface area contributed by atoms with Gasteiger partial charge < -0.3 is 14.3 Å². The summed E-state index contributed by atoms with van der Waals surface area (Å²) in [5, 5.41) is 8.73. The molecule has 2 aromatic carbocycles. The first-order chi connectivity index (χ1) is 13.7. The van der Waals surface area contributed by atoms with Gasteiger partial charge in [0.15, 0.2) is 0 Å². The largest absolute Gasteiger partial charge is 0.493 e. The van der Waals surface area contributed by atoms with Crippen LogP contribution in [0, 0.1) is 0 Å². The first-order valence-electron chi connectivity index (χ1n) is 9.21. The Labute approximate surface area is 168 Å². The van der Waals surface area contributed by atoms with Crippen molar-refractivity contribution in [3.05, 3.63) is 71.6 Å². The Bertz CT molecular complexity index is 908. The van der Waals surface area contributed by atoms with Crippen molar-refractivity contribution in [2.75, 3.05) is 12.4 Å². The molecule has 6 heteroatoms. The topological polar surface area (TPSA) is 72.6 Å². The van der Waals surface area contributed by atoms with Crippen molar-refractivity contribution in [3.8, 4) is 17.2 Å². The number of aryl methyl sites for hydroxylation is 1. The number of ether oxygens (including phenoxy) is 1. The lowest BCUT2D eigenvalue weighted by Crippen LogP contribution is -2.04. The number of hydrogen-bond donors (Lipinski definition) is 1. The molecule has 0 saturated carbocycles. The van der Waals surface area contributed by atoms with Gasteiger partial charge in [-0.1, -0.05) is 37.3 Å². The first kappa shape index (κ1) is 20.0. The van der Waals surface area contributed by atoms with E-state index in [0.717, 1.165) is 34.8 Å². The third-order valence-corrected chi connectivity index (χ3v) is 5.11. The van der Waals surface area contributed by atoms with Gasteiger partial charge in [0.1, 0.15) is 11.5 Å². The Hall–Kier alpha value is -2.73. The van der Waals surface area contributed by atoms with Crippen molar-refractivity contribution in [2.45, 2.75) is 25.5 Å². The zero-order chi connectivity index (χ0) is 19.8. The van der Waals surface area contributed by atoms with Gasteiger partial charge in [-0.2, -0.15) is 0 Å². The van der Waals surface area contributed by atoms with E-state index in [1.165, 1.54) is 11.8 Å². The van der Waals surface area contributed by atoms with Gasteiger partial charge in [0.05, 0.1) is 18.1 Å². The molecule has 3 rings (SSSR count). The number of rotatable bonds is 10. The number of nitrogens with zero attached hydrogens (tertiary/aromatic N) is 1. The van der Waals surface area contributed by atoms with Crippen LogP contribution in [0.2, 0.25) is 0 Å². The van der Waals surface area contributed by atoms with Crippen LogP contribution in [0.4, 0.5) is 0 Å². The van der Waals surface area contributed by atoms with Gasteiger partial charge in [-0.05, 0) is 29.8 Å². The van der Waals surface area contributed by atoms with Crippen LogP contribution in [0.15, 0.2) is 59.0 Å². The maximum atomic E-state index is 10.6. The average Bonchev–Trinajstić information content (AvgIpc) is 3.12. The summed E-state index contributed by atoms with van der Waals surface area (Å²) in [4.78, 5) is 15.3. The molecule has 0 fully saturated rings. The number of carbonyl (C=O) groups is 1. The molecule has 1 heterocycles. The summed E-state index contributed by atoms with van der Waals surface area (Å²) in [6, 6.07) is 17.6. The van der Waals surface area contributed by atoms with Crippen LogP contribution in [-0.2, 0) is 23.4 Å². The summed E-state index contributed by atoms with van der Waals surface area (Å²) in [5.41, 5.74) is 2.94. The van der Waals surface area contributed by atoms with Crippen molar-refractivity contribution in [1.29, 1.82) is 0 Å².